The van der Waals surface area contributed by atoms with E-state index in [1.807, 2.05) is 11.8 Å². The molecule has 0 aliphatic carbocycles. The zero-order valence-electron chi connectivity index (χ0n) is 12.2. The number of amides is 3. The number of rotatable bonds is 8. The van der Waals surface area contributed by atoms with E-state index in [1.165, 1.54) is 0 Å². The molecule has 1 atom stereocenters. The second-order valence-electron chi connectivity index (χ2n) is 5.06. The Morgan fingerprint density at radius 3 is 2.85 bits per heavy atom. The maximum absolute atomic E-state index is 11.8. The van der Waals surface area contributed by atoms with Crippen LogP contribution in [0.3, 0.4) is 0 Å². The van der Waals surface area contributed by atoms with E-state index in [0.717, 1.165) is 25.8 Å². The molecule has 1 aliphatic heterocycles. The van der Waals surface area contributed by atoms with Crippen LogP contribution >= 0.6 is 0 Å². The summed E-state index contributed by atoms with van der Waals surface area (Å²) >= 11 is 0. The fourth-order valence-corrected chi connectivity index (χ4v) is 2.25. The van der Waals surface area contributed by atoms with E-state index in [-0.39, 0.29) is 19.1 Å². The maximum Gasteiger partial charge on any atom is 0.321 e. The molecule has 1 rings (SSSR count). The molecule has 0 radical (unpaired) electrons. The molecule has 1 aliphatic rings. The molecule has 0 aromatic rings. The second-order valence-corrected chi connectivity index (χ2v) is 5.06. The Morgan fingerprint density at radius 2 is 2.25 bits per heavy atom. The van der Waals surface area contributed by atoms with Crippen molar-refractivity contribution in [3.8, 4) is 0 Å². The van der Waals surface area contributed by atoms with Gasteiger partial charge in [0.25, 0.3) is 0 Å². The molecular formula is C13H26N4O3. The smallest absolute Gasteiger partial charge is 0.321 e. The van der Waals surface area contributed by atoms with Gasteiger partial charge < -0.3 is 15.7 Å². The average molecular weight is 286 g/mol. The summed E-state index contributed by atoms with van der Waals surface area (Å²) in [5.74, 6) is -0.343. The minimum absolute atomic E-state index is 0.00202. The Labute approximate surface area is 120 Å². The van der Waals surface area contributed by atoms with Crippen LogP contribution in [0, 0.1) is 0 Å². The van der Waals surface area contributed by atoms with Crippen LogP contribution in [0.5, 0.6) is 0 Å². The van der Waals surface area contributed by atoms with Gasteiger partial charge >= 0.3 is 6.03 Å². The Bertz CT molecular complexity index is 306. The van der Waals surface area contributed by atoms with E-state index in [4.69, 9.17) is 5.11 Å². The van der Waals surface area contributed by atoms with Gasteiger partial charge in [0, 0.05) is 25.7 Å². The van der Waals surface area contributed by atoms with E-state index in [0.29, 0.717) is 25.7 Å². The number of aliphatic hydroxyl groups is 1. The predicted molar refractivity (Wildman–Crippen MR) is 76.4 cm³/mol. The third-order valence-electron chi connectivity index (χ3n) is 3.21. The second kappa shape index (κ2) is 9.68. The number of hydrogen-bond donors (Lipinski definition) is 4. The summed E-state index contributed by atoms with van der Waals surface area (Å²) in [5.41, 5.74) is 0. The lowest BCUT2D eigenvalue weighted by atomic mass is 10.2. The van der Waals surface area contributed by atoms with Crippen LogP contribution in [-0.4, -0.2) is 67.3 Å². The van der Waals surface area contributed by atoms with Gasteiger partial charge in [-0.2, -0.15) is 0 Å². The third-order valence-corrected chi connectivity index (χ3v) is 3.21. The third kappa shape index (κ3) is 6.83. The van der Waals surface area contributed by atoms with E-state index < -0.39 is 6.03 Å². The Kier molecular flexibility index (Phi) is 8.17. The average Bonchev–Trinajstić information content (AvgIpc) is 2.89. The molecule has 0 bridgehead atoms. The standard InChI is InChI=1S/C13H26N4O3/c1-2-5-15-13(20)16-12(19)10-17(7-8-18)9-11-4-3-6-14-11/h11,14,18H,2-10H2,1H3,(H2,15,16,19,20). The number of carbonyl (C=O) groups is 2. The number of aliphatic hydroxyl groups excluding tert-OH is 1. The number of hydrogen-bond acceptors (Lipinski definition) is 5. The van der Waals surface area contributed by atoms with Crippen LogP contribution in [0.1, 0.15) is 26.2 Å². The van der Waals surface area contributed by atoms with Gasteiger partial charge in [0.1, 0.15) is 0 Å². The Balaban J connectivity index is 2.31. The number of nitrogens with one attached hydrogen (secondary N) is 3. The van der Waals surface area contributed by atoms with E-state index in [1.54, 1.807) is 0 Å². The first-order valence-electron chi connectivity index (χ1n) is 7.30. The van der Waals surface area contributed by atoms with Gasteiger partial charge in [-0.05, 0) is 25.8 Å². The largest absolute Gasteiger partial charge is 0.395 e. The Morgan fingerprint density at radius 1 is 1.45 bits per heavy atom. The lowest BCUT2D eigenvalue weighted by Gasteiger charge is -2.24. The molecule has 116 valence electrons. The van der Waals surface area contributed by atoms with Gasteiger partial charge in [0.2, 0.25) is 5.91 Å². The maximum atomic E-state index is 11.8. The van der Waals surface area contributed by atoms with Gasteiger partial charge in [0.05, 0.1) is 13.2 Å². The molecule has 20 heavy (non-hydrogen) atoms. The molecule has 1 heterocycles. The highest BCUT2D eigenvalue weighted by Crippen LogP contribution is 2.06. The molecule has 4 N–H and O–H groups in total. The molecule has 0 aromatic carbocycles. The van der Waals surface area contributed by atoms with Crippen LogP contribution < -0.4 is 16.0 Å². The summed E-state index contributed by atoms with van der Waals surface area (Å²) in [5, 5.41) is 17.3. The lowest BCUT2D eigenvalue weighted by Crippen LogP contribution is -2.47. The van der Waals surface area contributed by atoms with Crippen molar-refractivity contribution in [3.63, 3.8) is 0 Å². The number of nitrogens with zero attached hydrogens (tertiary/aromatic N) is 1. The first-order chi connectivity index (χ1) is 9.65. The van der Waals surface area contributed by atoms with Crippen molar-refractivity contribution in [2.75, 3.05) is 39.3 Å². The molecule has 7 nitrogen and oxygen atoms in total. The highest BCUT2D eigenvalue weighted by molar-refractivity contribution is 5.95. The predicted octanol–water partition coefficient (Wildman–Crippen LogP) is -0.731. The molecule has 3 amide bonds. The fraction of sp³-hybridized carbons (Fsp3) is 0.846. The van der Waals surface area contributed by atoms with Crippen LogP contribution in [-0.2, 0) is 4.79 Å². The van der Waals surface area contributed by atoms with Gasteiger partial charge in [-0.25, -0.2) is 4.79 Å². The highest BCUT2D eigenvalue weighted by Gasteiger charge is 2.19. The van der Waals surface area contributed by atoms with Crippen molar-refractivity contribution >= 4 is 11.9 Å². The monoisotopic (exact) mass is 286 g/mol. The fourth-order valence-electron chi connectivity index (χ4n) is 2.25. The zero-order chi connectivity index (χ0) is 14.8. The Hall–Kier alpha value is -1.18. The quantitative estimate of drug-likeness (QED) is 0.472. The van der Waals surface area contributed by atoms with Crippen LogP contribution in [0.25, 0.3) is 0 Å². The minimum Gasteiger partial charge on any atom is -0.395 e. The SMILES string of the molecule is CCCNC(=O)NC(=O)CN(CCO)CC1CCCN1. The highest BCUT2D eigenvalue weighted by atomic mass is 16.3. The zero-order valence-corrected chi connectivity index (χ0v) is 12.2. The topological polar surface area (TPSA) is 93.7 Å². The first kappa shape index (κ1) is 16.9. The van der Waals surface area contributed by atoms with Crippen molar-refractivity contribution < 1.29 is 14.7 Å². The number of imide groups is 1. The van der Waals surface area contributed by atoms with Gasteiger partial charge in [-0.1, -0.05) is 6.92 Å². The number of carbonyl (C=O) groups excluding carboxylic acids is 2. The lowest BCUT2D eigenvalue weighted by molar-refractivity contribution is -0.121. The van der Waals surface area contributed by atoms with Gasteiger partial charge in [-0.3, -0.25) is 15.0 Å². The van der Waals surface area contributed by atoms with Crippen molar-refractivity contribution in [2.24, 2.45) is 0 Å². The van der Waals surface area contributed by atoms with Crippen LogP contribution in [0.4, 0.5) is 4.79 Å². The van der Waals surface area contributed by atoms with Crippen molar-refractivity contribution in [1.29, 1.82) is 0 Å². The molecule has 0 spiro atoms. The van der Waals surface area contributed by atoms with Crippen molar-refractivity contribution in [1.82, 2.24) is 20.9 Å². The van der Waals surface area contributed by atoms with Crippen LogP contribution in [0.15, 0.2) is 0 Å². The summed E-state index contributed by atoms with van der Waals surface area (Å²) in [6.45, 7) is 4.77. The van der Waals surface area contributed by atoms with Crippen LogP contribution in [0.2, 0.25) is 0 Å². The molecule has 0 saturated carbocycles. The summed E-state index contributed by atoms with van der Waals surface area (Å²) in [6, 6.07) is -0.0944. The summed E-state index contributed by atoms with van der Waals surface area (Å²) in [4.78, 5) is 25.0. The molecular weight excluding hydrogens is 260 g/mol. The van der Waals surface area contributed by atoms with E-state index in [2.05, 4.69) is 16.0 Å². The van der Waals surface area contributed by atoms with Crippen molar-refractivity contribution in [3.05, 3.63) is 0 Å². The molecule has 1 unspecified atom stereocenters. The summed E-state index contributed by atoms with van der Waals surface area (Å²) in [6.07, 6.45) is 3.05. The van der Waals surface area contributed by atoms with E-state index in [9.17, 15) is 9.59 Å². The molecule has 7 heteroatoms. The molecule has 0 aromatic heterocycles. The van der Waals surface area contributed by atoms with E-state index >= 15 is 0 Å². The van der Waals surface area contributed by atoms with Gasteiger partial charge in [-0.15, -0.1) is 0 Å². The first-order valence-corrected chi connectivity index (χ1v) is 7.30. The summed E-state index contributed by atoms with van der Waals surface area (Å²) in [7, 11) is 0. The molecule has 1 saturated heterocycles. The normalized spacial score (nSPS) is 18.2. The summed E-state index contributed by atoms with van der Waals surface area (Å²) < 4.78 is 0. The number of urea groups is 1. The minimum atomic E-state index is -0.459. The molecule has 1 fully saturated rings. The van der Waals surface area contributed by atoms with Gasteiger partial charge in [0.15, 0.2) is 0 Å². The van der Waals surface area contributed by atoms with Crippen molar-refractivity contribution in [2.45, 2.75) is 32.2 Å².